The Labute approximate surface area is 161 Å². The summed E-state index contributed by atoms with van der Waals surface area (Å²) in [5, 5.41) is 22.4. The summed E-state index contributed by atoms with van der Waals surface area (Å²) < 4.78 is 5.19. The molecule has 0 fully saturated rings. The monoisotopic (exact) mass is 382 g/mol. The van der Waals surface area contributed by atoms with Gasteiger partial charge in [0.25, 0.3) is 11.6 Å². The standard InChI is InChI=1S/C19H18N4O5/c1-12(18(24)21-14-6-4-5-13(9-14)11-20)28-19(25)16-10-15(23(26)27)7-8-17(16)22(2)3/h4-10,12H,1-3H3,(H,21,24)/t12-/m0/s1. The molecule has 144 valence electrons. The Kier molecular flexibility index (Phi) is 6.29. The largest absolute Gasteiger partial charge is 0.449 e. The summed E-state index contributed by atoms with van der Waals surface area (Å²) in [5.74, 6) is -1.46. The molecule has 28 heavy (non-hydrogen) atoms. The minimum atomic E-state index is -1.16. The van der Waals surface area contributed by atoms with Crippen LogP contribution < -0.4 is 10.2 Å². The van der Waals surface area contributed by atoms with Gasteiger partial charge in [-0.05, 0) is 31.2 Å². The number of esters is 1. The maximum atomic E-state index is 12.5. The lowest BCUT2D eigenvalue weighted by molar-refractivity contribution is -0.384. The molecule has 2 rings (SSSR count). The zero-order valence-electron chi connectivity index (χ0n) is 15.5. The normalized spacial score (nSPS) is 11.1. The second-order valence-electron chi connectivity index (χ2n) is 6.08. The number of non-ortho nitro benzene ring substituents is 1. The smallest absolute Gasteiger partial charge is 0.341 e. The number of carbonyl (C=O) groups excluding carboxylic acids is 2. The molecule has 9 heteroatoms. The number of nitro benzene ring substituents is 1. The summed E-state index contributed by atoms with van der Waals surface area (Å²) in [4.78, 5) is 36.8. The fourth-order valence-corrected chi connectivity index (χ4v) is 2.38. The van der Waals surface area contributed by atoms with Gasteiger partial charge in [0, 0.05) is 31.9 Å². The molecule has 1 amide bonds. The summed E-state index contributed by atoms with van der Waals surface area (Å²) in [6, 6.07) is 12.1. The first kappa shape index (κ1) is 20.4. The van der Waals surface area contributed by atoms with E-state index >= 15 is 0 Å². The van der Waals surface area contributed by atoms with Crippen LogP contribution in [0.3, 0.4) is 0 Å². The second-order valence-corrected chi connectivity index (χ2v) is 6.08. The quantitative estimate of drug-likeness (QED) is 0.462. The van der Waals surface area contributed by atoms with Crippen LogP contribution in [0.25, 0.3) is 0 Å². The van der Waals surface area contributed by atoms with Crippen molar-refractivity contribution in [3.05, 3.63) is 63.7 Å². The van der Waals surface area contributed by atoms with Crippen LogP contribution in [0, 0.1) is 21.4 Å². The van der Waals surface area contributed by atoms with Crippen molar-refractivity contribution in [2.24, 2.45) is 0 Å². The number of rotatable bonds is 6. The number of nitro groups is 1. The van der Waals surface area contributed by atoms with Crippen molar-refractivity contribution in [2.45, 2.75) is 13.0 Å². The topological polar surface area (TPSA) is 126 Å². The Morgan fingerprint density at radius 1 is 1.25 bits per heavy atom. The molecule has 0 spiro atoms. The highest BCUT2D eigenvalue weighted by atomic mass is 16.6. The number of benzene rings is 2. The number of nitrogens with zero attached hydrogens (tertiary/aromatic N) is 3. The third kappa shape index (κ3) is 4.82. The second kappa shape index (κ2) is 8.64. The molecule has 2 aromatic carbocycles. The van der Waals surface area contributed by atoms with Crippen molar-refractivity contribution in [1.82, 2.24) is 0 Å². The van der Waals surface area contributed by atoms with Gasteiger partial charge in [-0.1, -0.05) is 6.07 Å². The highest BCUT2D eigenvalue weighted by Gasteiger charge is 2.24. The molecule has 0 bridgehead atoms. The predicted octanol–water partition coefficient (Wildman–Crippen LogP) is 2.72. The Morgan fingerprint density at radius 2 is 1.96 bits per heavy atom. The van der Waals surface area contributed by atoms with E-state index in [0.717, 1.165) is 6.07 Å². The third-order valence-electron chi connectivity index (χ3n) is 3.80. The van der Waals surface area contributed by atoms with Gasteiger partial charge in [0.15, 0.2) is 6.10 Å². The van der Waals surface area contributed by atoms with Crippen LogP contribution in [0.5, 0.6) is 0 Å². The fraction of sp³-hybridized carbons (Fsp3) is 0.211. The molecule has 0 aromatic heterocycles. The minimum absolute atomic E-state index is 0.0228. The van der Waals surface area contributed by atoms with E-state index in [2.05, 4.69) is 5.32 Å². The maximum absolute atomic E-state index is 12.5. The molecule has 1 N–H and O–H groups in total. The van der Waals surface area contributed by atoms with E-state index in [-0.39, 0.29) is 11.3 Å². The molecule has 0 aliphatic heterocycles. The molecule has 0 unspecified atom stereocenters. The molecule has 9 nitrogen and oxygen atoms in total. The van der Waals surface area contributed by atoms with E-state index in [4.69, 9.17) is 10.00 Å². The molecule has 0 saturated carbocycles. The molecular weight excluding hydrogens is 364 g/mol. The number of hydrogen-bond donors (Lipinski definition) is 1. The number of ether oxygens (including phenoxy) is 1. The van der Waals surface area contributed by atoms with Crippen molar-refractivity contribution in [3.8, 4) is 6.07 Å². The van der Waals surface area contributed by atoms with Gasteiger partial charge >= 0.3 is 5.97 Å². The minimum Gasteiger partial charge on any atom is -0.449 e. The zero-order chi connectivity index (χ0) is 20.8. The van der Waals surface area contributed by atoms with E-state index in [1.165, 1.54) is 25.1 Å². The van der Waals surface area contributed by atoms with Gasteiger partial charge in [0.2, 0.25) is 0 Å². The van der Waals surface area contributed by atoms with Crippen molar-refractivity contribution in [1.29, 1.82) is 5.26 Å². The highest BCUT2D eigenvalue weighted by Crippen LogP contribution is 2.25. The summed E-state index contributed by atoms with van der Waals surface area (Å²) in [7, 11) is 3.35. The Hall–Kier alpha value is -3.93. The molecule has 2 aromatic rings. The van der Waals surface area contributed by atoms with Gasteiger partial charge in [-0.2, -0.15) is 5.26 Å². The summed E-state index contributed by atoms with van der Waals surface area (Å²) in [6.07, 6.45) is -1.16. The summed E-state index contributed by atoms with van der Waals surface area (Å²) >= 11 is 0. The Balaban J connectivity index is 2.17. The average molecular weight is 382 g/mol. The number of anilines is 2. The van der Waals surface area contributed by atoms with Crippen LogP contribution in [-0.4, -0.2) is 37.0 Å². The lowest BCUT2D eigenvalue weighted by Gasteiger charge is -2.18. The van der Waals surface area contributed by atoms with Crippen molar-refractivity contribution >= 4 is 28.9 Å². The SMILES string of the molecule is C[C@H](OC(=O)c1cc([N+](=O)[O-])ccc1N(C)C)C(=O)Nc1cccc(C#N)c1. The molecule has 0 radical (unpaired) electrons. The van der Waals surface area contributed by atoms with Crippen molar-refractivity contribution < 1.29 is 19.2 Å². The summed E-state index contributed by atoms with van der Waals surface area (Å²) in [6.45, 7) is 1.38. The van der Waals surface area contributed by atoms with Crippen molar-refractivity contribution in [2.75, 3.05) is 24.3 Å². The number of amides is 1. The van der Waals surface area contributed by atoms with E-state index in [1.807, 2.05) is 6.07 Å². The first-order valence-corrected chi connectivity index (χ1v) is 8.20. The van der Waals surface area contributed by atoms with Gasteiger partial charge in [0.05, 0.1) is 27.8 Å². The van der Waals surface area contributed by atoms with E-state index in [1.54, 1.807) is 37.2 Å². The first-order valence-electron chi connectivity index (χ1n) is 8.20. The maximum Gasteiger partial charge on any atom is 0.341 e. The Morgan fingerprint density at radius 3 is 2.57 bits per heavy atom. The number of carbonyl (C=O) groups is 2. The van der Waals surface area contributed by atoms with Gasteiger partial charge in [-0.25, -0.2) is 4.79 Å². The highest BCUT2D eigenvalue weighted by molar-refractivity contribution is 6.00. The fourth-order valence-electron chi connectivity index (χ4n) is 2.38. The van der Waals surface area contributed by atoms with Gasteiger partial charge < -0.3 is 15.0 Å². The van der Waals surface area contributed by atoms with Crippen LogP contribution >= 0.6 is 0 Å². The lowest BCUT2D eigenvalue weighted by atomic mass is 10.1. The lowest BCUT2D eigenvalue weighted by Crippen LogP contribution is -2.30. The molecule has 0 saturated heterocycles. The van der Waals surface area contributed by atoms with E-state index in [0.29, 0.717) is 16.9 Å². The van der Waals surface area contributed by atoms with Crippen LogP contribution in [-0.2, 0) is 9.53 Å². The van der Waals surface area contributed by atoms with Crippen LogP contribution in [0.15, 0.2) is 42.5 Å². The molecule has 1 atom stereocenters. The van der Waals surface area contributed by atoms with Gasteiger partial charge in [-0.3, -0.25) is 14.9 Å². The molecule has 0 aliphatic carbocycles. The van der Waals surface area contributed by atoms with E-state index < -0.39 is 22.9 Å². The molecule has 0 aliphatic rings. The first-order chi connectivity index (χ1) is 13.2. The molecular formula is C19H18N4O5. The predicted molar refractivity (Wildman–Crippen MR) is 102 cm³/mol. The van der Waals surface area contributed by atoms with Gasteiger partial charge in [-0.15, -0.1) is 0 Å². The van der Waals surface area contributed by atoms with Gasteiger partial charge in [0.1, 0.15) is 0 Å². The number of nitrogens with one attached hydrogen (secondary N) is 1. The average Bonchev–Trinajstić information content (AvgIpc) is 2.67. The molecule has 0 heterocycles. The summed E-state index contributed by atoms with van der Waals surface area (Å²) in [5.41, 5.74) is 0.893. The van der Waals surface area contributed by atoms with Crippen LogP contribution in [0.4, 0.5) is 17.1 Å². The number of nitriles is 1. The number of hydrogen-bond acceptors (Lipinski definition) is 7. The third-order valence-corrected chi connectivity index (χ3v) is 3.80. The zero-order valence-corrected chi connectivity index (χ0v) is 15.5. The van der Waals surface area contributed by atoms with Crippen molar-refractivity contribution in [3.63, 3.8) is 0 Å². The van der Waals surface area contributed by atoms with E-state index in [9.17, 15) is 19.7 Å². The van der Waals surface area contributed by atoms with Crippen LogP contribution in [0.2, 0.25) is 0 Å². The van der Waals surface area contributed by atoms with Crippen LogP contribution in [0.1, 0.15) is 22.8 Å². The Bertz CT molecular complexity index is 965.